The zero-order valence-electron chi connectivity index (χ0n) is 16.8. The summed E-state index contributed by atoms with van der Waals surface area (Å²) >= 11 is 0. The monoisotopic (exact) mass is 425 g/mol. The molecule has 1 heterocycles. The summed E-state index contributed by atoms with van der Waals surface area (Å²) in [5.74, 6) is -0.810. The molecule has 0 saturated carbocycles. The normalized spacial score (nSPS) is 10.3. The van der Waals surface area contributed by atoms with Crippen LogP contribution in [0.15, 0.2) is 59.5 Å². The van der Waals surface area contributed by atoms with Crippen LogP contribution in [0.5, 0.6) is 11.5 Å². The summed E-state index contributed by atoms with van der Waals surface area (Å²) in [4.78, 5) is 38.9. The number of pyridine rings is 1. The van der Waals surface area contributed by atoms with E-state index in [-0.39, 0.29) is 29.8 Å². The van der Waals surface area contributed by atoms with Gasteiger partial charge in [-0.3, -0.25) is 14.4 Å². The maximum atomic E-state index is 13.0. The first kappa shape index (κ1) is 21.6. The Kier molecular flexibility index (Phi) is 6.66. The lowest BCUT2D eigenvalue weighted by Crippen LogP contribution is -2.18. The standard InChI is InChI=1S/C22H20FN3O5/c1-13(27)25-16-7-8-20(30-2)17(9-16)26-22(29)18-10-19(28)21(11-24-18)31-12-14-3-5-15(23)6-4-14/h3-11H,12H2,1-2H3,(H,24,28)(H,25,27)(H,26,29). The van der Waals surface area contributed by atoms with E-state index in [4.69, 9.17) is 9.47 Å². The first-order valence-corrected chi connectivity index (χ1v) is 9.22. The van der Waals surface area contributed by atoms with Crippen molar-refractivity contribution < 1.29 is 23.5 Å². The van der Waals surface area contributed by atoms with Gasteiger partial charge < -0.3 is 25.1 Å². The van der Waals surface area contributed by atoms with Gasteiger partial charge in [-0.15, -0.1) is 0 Å². The first-order valence-electron chi connectivity index (χ1n) is 9.22. The van der Waals surface area contributed by atoms with Crippen molar-refractivity contribution in [2.24, 2.45) is 0 Å². The molecule has 3 rings (SSSR count). The number of ether oxygens (including phenoxy) is 2. The van der Waals surface area contributed by atoms with Gasteiger partial charge in [0.25, 0.3) is 5.91 Å². The number of nitrogens with one attached hydrogen (secondary N) is 3. The molecule has 3 aromatic rings. The highest BCUT2D eigenvalue weighted by molar-refractivity contribution is 6.04. The van der Waals surface area contributed by atoms with Crippen molar-refractivity contribution in [1.29, 1.82) is 0 Å². The molecule has 0 spiro atoms. The molecule has 3 N–H and O–H groups in total. The molecule has 2 aromatic carbocycles. The largest absolute Gasteiger partial charge is 0.495 e. The number of carbonyl (C=O) groups excluding carboxylic acids is 2. The van der Waals surface area contributed by atoms with Gasteiger partial charge in [-0.25, -0.2) is 4.39 Å². The quantitative estimate of drug-likeness (QED) is 0.538. The number of methoxy groups -OCH3 is 1. The summed E-state index contributed by atoms with van der Waals surface area (Å²) in [6, 6.07) is 11.6. The van der Waals surface area contributed by atoms with Gasteiger partial charge in [0, 0.05) is 24.9 Å². The second-order valence-corrected chi connectivity index (χ2v) is 6.54. The van der Waals surface area contributed by atoms with E-state index in [1.54, 1.807) is 24.3 Å². The van der Waals surface area contributed by atoms with Crippen LogP contribution in [0.2, 0.25) is 0 Å². The fourth-order valence-electron chi connectivity index (χ4n) is 2.72. The number of hydrogen-bond acceptors (Lipinski definition) is 5. The van der Waals surface area contributed by atoms with Gasteiger partial charge in [-0.05, 0) is 35.9 Å². The smallest absolute Gasteiger partial charge is 0.272 e. The van der Waals surface area contributed by atoms with Crippen LogP contribution in [-0.4, -0.2) is 23.9 Å². The van der Waals surface area contributed by atoms with E-state index < -0.39 is 11.3 Å². The number of anilines is 2. The molecule has 160 valence electrons. The molecule has 0 radical (unpaired) electrons. The molecule has 1 aromatic heterocycles. The molecule has 0 aliphatic rings. The van der Waals surface area contributed by atoms with Crippen molar-refractivity contribution >= 4 is 23.2 Å². The number of H-pyrrole nitrogens is 1. The second kappa shape index (κ2) is 9.57. The van der Waals surface area contributed by atoms with E-state index in [0.717, 1.165) is 6.07 Å². The predicted octanol–water partition coefficient (Wildman–Crippen LogP) is 3.31. The van der Waals surface area contributed by atoms with Crippen molar-refractivity contribution in [3.8, 4) is 11.5 Å². The fraction of sp³-hybridized carbons (Fsp3) is 0.136. The number of halogens is 1. The molecule has 9 heteroatoms. The van der Waals surface area contributed by atoms with Gasteiger partial charge in [-0.1, -0.05) is 12.1 Å². The number of aromatic amines is 1. The molecule has 0 fully saturated rings. The number of carbonyl (C=O) groups is 2. The maximum Gasteiger partial charge on any atom is 0.272 e. The van der Waals surface area contributed by atoms with Gasteiger partial charge in [-0.2, -0.15) is 0 Å². The number of hydrogen-bond donors (Lipinski definition) is 3. The Labute approximate surface area is 177 Å². The Morgan fingerprint density at radius 2 is 1.77 bits per heavy atom. The third-order valence-electron chi connectivity index (χ3n) is 4.20. The highest BCUT2D eigenvalue weighted by Gasteiger charge is 2.14. The Hall–Kier alpha value is -4.14. The number of amides is 2. The summed E-state index contributed by atoms with van der Waals surface area (Å²) in [7, 11) is 1.44. The molecule has 0 bridgehead atoms. The van der Waals surface area contributed by atoms with Gasteiger partial charge in [0.2, 0.25) is 11.3 Å². The SMILES string of the molecule is COc1ccc(NC(C)=O)cc1NC(=O)c1cc(=O)c(OCc2ccc(F)cc2)c[nH]1. The lowest BCUT2D eigenvalue weighted by Gasteiger charge is -2.12. The lowest BCUT2D eigenvalue weighted by molar-refractivity contribution is -0.114. The topological polar surface area (TPSA) is 110 Å². The van der Waals surface area contributed by atoms with Crippen molar-refractivity contribution in [2.45, 2.75) is 13.5 Å². The Bertz CT molecular complexity index is 1160. The second-order valence-electron chi connectivity index (χ2n) is 6.54. The maximum absolute atomic E-state index is 13.0. The lowest BCUT2D eigenvalue weighted by atomic mass is 10.2. The molecule has 2 amide bonds. The highest BCUT2D eigenvalue weighted by Crippen LogP contribution is 2.28. The molecular weight excluding hydrogens is 405 g/mol. The van der Waals surface area contributed by atoms with Crippen LogP contribution in [0.25, 0.3) is 0 Å². The van der Waals surface area contributed by atoms with Crippen LogP contribution in [0, 0.1) is 5.82 Å². The van der Waals surface area contributed by atoms with Crippen LogP contribution < -0.4 is 25.5 Å². The molecule has 0 saturated heterocycles. The molecule has 0 atom stereocenters. The minimum atomic E-state index is -0.583. The van der Waals surface area contributed by atoms with Crippen molar-refractivity contribution in [2.75, 3.05) is 17.7 Å². The predicted molar refractivity (Wildman–Crippen MR) is 113 cm³/mol. The molecule has 0 unspecified atom stereocenters. The van der Waals surface area contributed by atoms with E-state index in [1.165, 1.54) is 38.4 Å². The summed E-state index contributed by atoms with van der Waals surface area (Å²) in [6.07, 6.45) is 1.28. The van der Waals surface area contributed by atoms with Crippen molar-refractivity contribution in [1.82, 2.24) is 4.98 Å². The van der Waals surface area contributed by atoms with E-state index in [2.05, 4.69) is 15.6 Å². The summed E-state index contributed by atoms with van der Waals surface area (Å²) < 4.78 is 23.6. The van der Waals surface area contributed by atoms with Crippen LogP contribution >= 0.6 is 0 Å². The molecule has 8 nitrogen and oxygen atoms in total. The van der Waals surface area contributed by atoms with Crippen LogP contribution in [-0.2, 0) is 11.4 Å². The van der Waals surface area contributed by atoms with Crippen LogP contribution in [0.4, 0.5) is 15.8 Å². The molecule has 0 aliphatic carbocycles. The van der Waals surface area contributed by atoms with Gasteiger partial charge in [0.15, 0.2) is 5.75 Å². The zero-order chi connectivity index (χ0) is 22.4. The zero-order valence-corrected chi connectivity index (χ0v) is 16.8. The summed E-state index contributed by atoms with van der Waals surface area (Å²) in [6.45, 7) is 1.44. The number of aromatic nitrogens is 1. The minimum Gasteiger partial charge on any atom is -0.495 e. The Morgan fingerprint density at radius 3 is 2.42 bits per heavy atom. The van der Waals surface area contributed by atoms with Crippen molar-refractivity contribution in [3.63, 3.8) is 0 Å². The van der Waals surface area contributed by atoms with Gasteiger partial charge in [0.05, 0.1) is 12.8 Å². The minimum absolute atomic E-state index is 0.00566. The summed E-state index contributed by atoms with van der Waals surface area (Å²) in [5.41, 5.74) is 0.989. The van der Waals surface area contributed by atoms with E-state index >= 15 is 0 Å². The molecular formula is C22H20FN3O5. The number of rotatable bonds is 7. The molecule has 0 aliphatic heterocycles. The van der Waals surface area contributed by atoms with E-state index in [9.17, 15) is 18.8 Å². The Morgan fingerprint density at radius 1 is 1.03 bits per heavy atom. The van der Waals surface area contributed by atoms with Crippen LogP contribution in [0.1, 0.15) is 23.0 Å². The van der Waals surface area contributed by atoms with Gasteiger partial charge >= 0.3 is 0 Å². The first-order chi connectivity index (χ1) is 14.9. The summed E-state index contributed by atoms with van der Waals surface area (Å²) in [5, 5.41) is 5.26. The third kappa shape index (κ3) is 5.69. The average molecular weight is 425 g/mol. The fourth-order valence-corrected chi connectivity index (χ4v) is 2.72. The average Bonchev–Trinajstić information content (AvgIpc) is 2.74. The highest BCUT2D eigenvalue weighted by atomic mass is 19.1. The third-order valence-corrected chi connectivity index (χ3v) is 4.20. The van der Waals surface area contributed by atoms with E-state index in [1.807, 2.05) is 0 Å². The van der Waals surface area contributed by atoms with Crippen LogP contribution in [0.3, 0.4) is 0 Å². The number of benzene rings is 2. The Balaban J connectivity index is 1.72. The van der Waals surface area contributed by atoms with Crippen molar-refractivity contribution in [3.05, 3.63) is 82.0 Å². The van der Waals surface area contributed by atoms with E-state index in [0.29, 0.717) is 22.7 Å². The van der Waals surface area contributed by atoms with Gasteiger partial charge in [0.1, 0.15) is 23.9 Å². The molecule has 31 heavy (non-hydrogen) atoms.